The SMILES string of the molecule is COc1cc(C=C2Oc3c(ccc4c3C(c3ccc(O)cc3)CC(=O)O4)C2=O)cc(OC)c1OC. The Balaban J connectivity index is 1.59. The number of hydrogen-bond acceptors (Lipinski definition) is 8. The number of phenolic OH excluding ortho intramolecular Hbond substituents is 1. The normalized spacial score (nSPS) is 17.3. The fraction of sp³-hybridized carbons (Fsp3) is 0.185. The van der Waals surface area contributed by atoms with Crippen LogP contribution in [0.25, 0.3) is 6.08 Å². The van der Waals surface area contributed by atoms with Crippen LogP contribution < -0.4 is 23.7 Å². The first-order valence-corrected chi connectivity index (χ1v) is 10.8. The minimum Gasteiger partial charge on any atom is -0.508 e. The number of benzene rings is 3. The van der Waals surface area contributed by atoms with Crippen LogP contribution in [-0.4, -0.2) is 38.2 Å². The van der Waals surface area contributed by atoms with Crippen LogP contribution in [0.5, 0.6) is 34.5 Å². The molecule has 3 aromatic rings. The first-order valence-electron chi connectivity index (χ1n) is 10.8. The van der Waals surface area contributed by atoms with Gasteiger partial charge < -0.3 is 28.8 Å². The predicted octanol–water partition coefficient (Wildman–Crippen LogP) is 4.48. The van der Waals surface area contributed by atoms with E-state index in [0.29, 0.717) is 45.4 Å². The summed E-state index contributed by atoms with van der Waals surface area (Å²) in [6.45, 7) is 0. The molecule has 2 aliphatic rings. The Morgan fingerprint density at radius 1 is 0.914 bits per heavy atom. The summed E-state index contributed by atoms with van der Waals surface area (Å²) in [6.07, 6.45) is 1.68. The second-order valence-electron chi connectivity index (χ2n) is 8.07. The zero-order chi connectivity index (χ0) is 24.7. The number of methoxy groups -OCH3 is 3. The number of ether oxygens (including phenoxy) is 5. The lowest BCUT2D eigenvalue weighted by atomic mass is 9.84. The van der Waals surface area contributed by atoms with E-state index in [1.54, 1.807) is 54.6 Å². The largest absolute Gasteiger partial charge is 0.508 e. The van der Waals surface area contributed by atoms with E-state index in [2.05, 4.69) is 0 Å². The summed E-state index contributed by atoms with van der Waals surface area (Å²) in [6, 6.07) is 13.2. The first kappa shape index (κ1) is 22.3. The van der Waals surface area contributed by atoms with Gasteiger partial charge >= 0.3 is 5.97 Å². The molecule has 1 N–H and O–H groups in total. The molecule has 8 heteroatoms. The molecule has 2 heterocycles. The molecule has 35 heavy (non-hydrogen) atoms. The van der Waals surface area contributed by atoms with Gasteiger partial charge in [-0.25, -0.2) is 0 Å². The smallest absolute Gasteiger partial charge is 0.312 e. The third kappa shape index (κ3) is 3.82. The molecule has 0 amide bonds. The van der Waals surface area contributed by atoms with Crippen LogP contribution in [0.2, 0.25) is 0 Å². The number of aromatic hydroxyl groups is 1. The van der Waals surface area contributed by atoms with E-state index in [4.69, 9.17) is 23.7 Å². The number of carbonyl (C=O) groups is 2. The molecular formula is C27H22O8. The highest BCUT2D eigenvalue weighted by atomic mass is 16.5. The van der Waals surface area contributed by atoms with Gasteiger partial charge in [-0.1, -0.05) is 12.1 Å². The highest BCUT2D eigenvalue weighted by Crippen LogP contribution is 2.49. The number of hydrogen-bond donors (Lipinski definition) is 1. The van der Waals surface area contributed by atoms with Gasteiger partial charge in [0.15, 0.2) is 17.3 Å². The topological polar surface area (TPSA) is 101 Å². The molecule has 0 bridgehead atoms. The third-order valence-electron chi connectivity index (χ3n) is 6.06. The molecule has 0 saturated heterocycles. The van der Waals surface area contributed by atoms with E-state index in [9.17, 15) is 14.7 Å². The molecule has 0 spiro atoms. The molecule has 0 saturated carbocycles. The van der Waals surface area contributed by atoms with Crippen molar-refractivity contribution >= 4 is 17.8 Å². The van der Waals surface area contributed by atoms with Crippen LogP contribution in [0, 0.1) is 0 Å². The number of ketones is 1. The molecule has 0 radical (unpaired) electrons. The number of allylic oxidation sites excluding steroid dienone is 1. The van der Waals surface area contributed by atoms with Gasteiger partial charge in [-0.05, 0) is 53.6 Å². The second-order valence-corrected chi connectivity index (χ2v) is 8.07. The Morgan fingerprint density at radius 3 is 2.23 bits per heavy atom. The molecule has 5 rings (SSSR count). The maximum atomic E-state index is 13.2. The van der Waals surface area contributed by atoms with Crippen LogP contribution in [0.4, 0.5) is 0 Å². The van der Waals surface area contributed by atoms with Crippen molar-refractivity contribution < 1.29 is 38.4 Å². The van der Waals surface area contributed by atoms with E-state index >= 15 is 0 Å². The van der Waals surface area contributed by atoms with Crippen LogP contribution in [0.1, 0.15) is 39.4 Å². The van der Waals surface area contributed by atoms with Gasteiger partial charge in [0.2, 0.25) is 11.5 Å². The quantitative estimate of drug-likeness (QED) is 0.328. The lowest BCUT2D eigenvalue weighted by Crippen LogP contribution is -2.21. The zero-order valence-electron chi connectivity index (χ0n) is 19.3. The maximum absolute atomic E-state index is 13.2. The Morgan fingerprint density at radius 2 is 1.60 bits per heavy atom. The van der Waals surface area contributed by atoms with Gasteiger partial charge in [-0.3, -0.25) is 9.59 Å². The lowest BCUT2D eigenvalue weighted by molar-refractivity contribution is -0.135. The predicted molar refractivity (Wildman–Crippen MR) is 126 cm³/mol. The van der Waals surface area contributed by atoms with Gasteiger partial charge in [-0.2, -0.15) is 0 Å². The maximum Gasteiger partial charge on any atom is 0.312 e. The number of Topliss-reactive ketones (excluding diaryl/α,β-unsaturated/α-hetero) is 1. The molecule has 0 aliphatic carbocycles. The van der Waals surface area contributed by atoms with E-state index in [1.807, 2.05) is 0 Å². The van der Waals surface area contributed by atoms with Gasteiger partial charge in [0.05, 0.1) is 33.3 Å². The molecule has 1 atom stereocenters. The summed E-state index contributed by atoms with van der Waals surface area (Å²) in [7, 11) is 4.54. The van der Waals surface area contributed by atoms with Crippen molar-refractivity contribution in [3.8, 4) is 34.5 Å². The van der Waals surface area contributed by atoms with Crippen molar-refractivity contribution in [3.05, 3.63) is 76.5 Å². The lowest BCUT2D eigenvalue weighted by Gasteiger charge is -2.26. The first-order chi connectivity index (χ1) is 16.9. The van der Waals surface area contributed by atoms with Crippen LogP contribution in [0.3, 0.4) is 0 Å². The van der Waals surface area contributed by atoms with Crippen molar-refractivity contribution in [3.63, 3.8) is 0 Å². The van der Waals surface area contributed by atoms with E-state index in [-0.39, 0.29) is 29.7 Å². The zero-order valence-corrected chi connectivity index (χ0v) is 19.3. The highest BCUT2D eigenvalue weighted by Gasteiger charge is 2.38. The Labute approximate surface area is 201 Å². The number of esters is 1. The van der Waals surface area contributed by atoms with Gasteiger partial charge in [0.1, 0.15) is 17.2 Å². The van der Waals surface area contributed by atoms with E-state index < -0.39 is 5.92 Å². The summed E-state index contributed by atoms with van der Waals surface area (Å²) in [5, 5.41) is 9.68. The summed E-state index contributed by atoms with van der Waals surface area (Å²) in [5.41, 5.74) is 2.41. The van der Waals surface area contributed by atoms with Crippen molar-refractivity contribution in [1.29, 1.82) is 0 Å². The Bertz CT molecular complexity index is 1350. The molecule has 2 aliphatic heterocycles. The third-order valence-corrected chi connectivity index (χ3v) is 6.06. The minimum atomic E-state index is -0.393. The number of phenols is 1. The van der Waals surface area contributed by atoms with Crippen molar-refractivity contribution in [2.24, 2.45) is 0 Å². The monoisotopic (exact) mass is 474 g/mol. The van der Waals surface area contributed by atoms with E-state index in [0.717, 1.165) is 5.56 Å². The molecule has 8 nitrogen and oxygen atoms in total. The standard InChI is InChI=1S/C27H22O8/c1-31-21-11-14(12-22(32-2)27(21)33-3)10-20-25(30)17-8-9-19-24(26(17)35-20)18(13-23(29)34-19)15-4-6-16(28)7-5-15/h4-12,18,28H,13H2,1-3H3. The van der Waals surface area contributed by atoms with Gasteiger partial charge in [-0.15, -0.1) is 0 Å². The summed E-state index contributed by atoms with van der Waals surface area (Å²) in [5.74, 6) is 1.19. The molecule has 0 fully saturated rings. The summed E-state index contributed by atoms with van der Waals surface area (Å²) >= 11 is 0. The Kier molecular flexibility index (Phi) is 5.56. The molecule has 178 valence electrons. The van der Waals surface area contributed by atoms with E-state index in [1.165, 1.54) is 21.3 Å². The minimum absolute atomic E-state index is 0.0811. The fourth-order valence-electron chi connectivity index (χ4n) is 4.43. The van der Waals surface area contributed by atoms with Crippen LogP contribution in [-0.2, 0) is 4.79 Å². The summed E-state index contributed by atoms with van der Waals surface area (Å²) < 4.78 is 27.7. The highest BCUT2D eigenvalue weighted by molar-refractivity contribution is 6.15. The average Bonchev–Trinajstić information content (AvgIpc) is 3.18. The van der Waals surface area contributed by atoms with Gasteiger partial charge in [0.25, 0.3) is 0 Å². The average molecular weight is 474 g/mol. The number of fused-ring (bicyclic) bond motifs is 3. The summed E-state index contributed by atoms with van der Waals surface area (Å²) in [4.78, 5) is 25.5. The van der Waals surface area contributed by atoms with Crippen LogP contribution in [0.15, 0.2) is 54.3 Å². The van der Waals surface area contributed by atoms with Gasteiger partial charge in [0, 0.05) is 11.5 Å². The molecule has 0 aromatic heterocycles. The molecular weight excluding hydrogens is 452 g/mol. The molecule has 3 aromatic carbocycles. The Hall–Kier alpha value is -4.46. The van der Waals surface area contributed by atoms with Crippen molar-refractivity contribution in [2.45, 2.75) is 12.3 Å². The number of rotatable bonds is 5. The van der Waals surface area contributed by atoms with Crippen molar-refractivity contribution in [1.82, 2.24) is 0 Å². The second kappa shape index (κ2) is 8.72. The van der Waals surface area contributed by atoms with Crippen LogP contribution >= 0.6 is 0 Å². The molecule has 1 unspecified atom stereocenters. The fourth-order valence-corrected chi connectivity index (χ4v) is 4.43. The number of carbonyl (C=O) groups excluding carboxylic acids is 2. The van der Waals surface area contributed by atoms with Crippen molar-refractivity contribution in [2.75, 3.05) is 21.3 Å².